The average Bonchev–Trinajstić information content (AvgIpc) is 2.01. The maximum absolute atomic E-state index is 5.41. The highest BCUT2D eigenvalue weighted by molar-refractivity contribution is 6.81. The molecule has 0 amide bonds. The largest absolute Gasteiger partial charge is 0.381 e. The Morgan fingerprint density at radius 1 is 1.15 bits per heavy atom. The molecule has 1 nitrogen and oxygen atoms in total. The Labute approximate surface area is 83.9 Å². The zero-order valence-electron chi connectivity index (χ0n) is 9.65. The molecular formula is C11H24OSi. The standard InChI is InChI=1S/C11H24OSi/c1-5-7-13(4,8-6-2)11(3)9-12-10-11/h5-10H2,1-4H3. The predicted octanol–water partition coefficient (Wildman–Crippen LogP) is 3.68. The summed E-state index contributed by atoms with van der Waals surface area (Å²) in [6.07, 6.45) is 2.72. The molecule has 0 aliphatic carbocycles. The van der Waals surface area contributed by atoms with Crippen molar-refractivity contribution >= 4 is 8.07 Å². The van der Waals surface area contributed by atoms with Crippen molar-refractivity contribution in [3.63, 3.8) is 0 Å². The Kier molecular flexibility index (Phi) is 3.58. The van der Waals surface area contributed by atoms with Gasteiger partial charge in [-0.3, -0.25) is 0 Å². The van der Waals surface area contributed by atoms with Gasteiger partial charge in [0.15, 0.2) is 0 Å². The van der Waals surface area contributed by atoms with E-state index in [4.69, 9.17) is 4.74 Å². The summed E-state index contributed by atoms with van der Waals surface area (Å²) in [5, 5.41) is 0.596. The summed E-state index contributed by atoms with van der Waals surface area (Å²) in [5.74, 6) is 0. The van der Waals surface area contributed by atoms with Crippen molar-refractivity contribution in [3.05, 3.63) is 0 Å². The van der Waals surface area contributed by atoms with E-state index in [-0.39, 0.29) is 0 Å². The first-order valence-electron chi connectivity index (χ1n) is 5.66. The molecule has 1 heterocycles. The van der Waals surface area contributed by atoms with Gasteiger partial charge in [-0.25, -0.2) is 0 Å². The third-order valence-corrected chi connectivity index (χ3v) is 10.3. The minimum Gasteiger partial charge on any atom is -0.381 e. The molecule has 0 aromatic carbocycles. The fourth-order valence-corrected chi connectivity index (χ4v) is 7.15. The number of hydrogen-bond donors (Lipinski definition) is 0. The van der Waals surface area contributed by atoms with E-state index in [0.717, 1.165) is 13.2 Å². The Balaban J connectivity index is 2.64. The van der Waals surface area contributed by atoms with Gasteiger partial charge in [0.2, 0.25) is 0 Å². The molecule has 13 heavy (non-hydrogen) atoms. The lowest BCUT2D eigenvalue weighted by atomic mass is 10.1. The minimum atomic E-state index is -1.02. The Morgan fingerprint density at radius 2 is 1.62 bits per heavy atom. The summed E-state index contributed by atoms with van der Waals surface area (Å²) in [6, 6.07) is 2.97. The van der Waals surface area contributed by atoms with Crippen LogP contribution in [0.2, 0.25) is 23.7 Å². The highest BCUT2D eigenvalue weighted by Gasteiger charge is 2.49. The molecule has 0 radical (unpaired) electrons. The van der Waals surface area contributed by atoms with Crippen LogP contribution in [0.4, 0.5) is 0 Å². The van der Waals surface area contributed by atoms with Crippen molar-refractivity contribution in [3.8, 4) is 0 Å². The molecule has 0 N–H and O–H groups in total. The molecule has 0 aromatic heterocycles. The van der Waals surface area contributed by atoms with Gasteiger partial charge in [0, 0.05) is 5.04 Å². The Bertz CT molecular complexity index is 157. The quantitative estimate of drug-likeness (QED) is 0.615. The number of hydrogen-bond acceptors (Lipinski definition) is 1. The maximum Gasteiger partial charge on any atom is 0.0621 e. The highest BCUT2D eigenvalue weighted by Crippen LogP contribution is 2.49. The lowest BCUT2D eigenvalue weighted by Crippen LogP contribution is -2.54. The van der Waals surface area contributed by atoms with Crippen LogP contribution < -0.4 is 0 Å². The first-order chi connectivity index (χ1) is 6.08. The van der Waals surface area contributed by atoms with Crippen molar-refractivity contribution in [1.29, 1.82) is 0 Å². The summed E-state index contributed by atoms with van der Waals surface area (Å²) >= 11 is 0. The monoisotopic (exact) mass is 200 g/mol. The van der Waals surface area contributed by atoms with Crippen LogP contribution in [-0.4, -0.2) is 21.3 Å². The molecule has 1 aliphatic rings. The zero-order chi connectivity index (χ0) is 9.95. The molecule has 0 saturated carbocycles. The van der Waals surface area contributed by atoms with Gasteiger partial charge in [-0.15, -0.1) is 0 Å². The maximum atomic E-state index is 5.41. The molecular weight excluding hydrogens is 176 g/mol. The van der Waals surface area contributed by atoms with E-state index in [1.165, 1.54) is 24.9 Å². The SMILES string of the molecule is CCC[Si](C)(CCC)C1(C)COC1. The summed E-state index contributed by atoms with van der Waals surface area (Å²) in [4.78, 5) is 0. The summed E-state index contributed by atoms with van der Waals surface area (Å²) < 4.78 is 5.41. The van der Waals surface area contributed by atoms with E-state index < -0.39 is 8.07 Å². The van der Waals surface area contributed by atoms with Crippen molar-refractivity contribution < 1.29 is 4.74 Å². The van der Waals surface area contributed by atoms with Gasteiger partial charge in [-0.1, -0.05) is 52.2 Å². The molecule has 0 spiro atoms. The van der Waals surface area contributed by atoms with Crippen molar-refractivity contribution in [2.24, 2.45) is 0 Å². The van der Waals surface area contributed by atoms with Gasteiger partial charge in [-0.2, -0.15) is 0 Å². The minimum absolute atomic E-state index is 0.596. The molecule has 0 aromatic rings. The average molecular weight is 200 g/mol. The van der Waals surface area contributed by atoms with Crippen LogP contribution in [0.3, 0.4) is 0 Å². The molecule has 0 atom stereocenters. The normalized spacial score (nSPS) is 21.2. The fourth-order valence-electron chi connectivity index (χ4n) is 2.59. The fraction of sp³-hybridized carbons (Fsp3) is 1.00. The van der Waals surface area contributed by atoms with Gasteiger partial charge >= 0.3 is 0 Å². The molecule has 2 heteroatoms. The van der Waals surface area contributed by atoms with E-state index >= 15 is 0 Å². The smallest absolute Gasteiger partial charge is 0.0621 e. The van der Waals surface area contributed by atoms with Crippen LogP contribution >= 0.6 is 0 Å². The van der Waals surface area contributed by atoms with Crippen LogP contribution in [0.5, 0.6) is 0 Å². The summed E-state index contributed by atoms with van der Waals surface area (Å²) in [5.41, 5.74) is 0. The molecule has 1 saturated heterocycles. The molecule has 0 bridgehead atoms. The zero-order valence-corrected chi connectivity index (χ0v) is 10.7. The molecule has 0 unspecified atom stereocenters. The lowest BCUT2D eigenvalue weighted by molar-refractivity contribution is -0.0164. The second kappa shape index (κ2) is 4.14. The van der Waals surface area contributed by atoms with Crippen LogP contribution in [0.1, 0.15) is 33.6 Å². The van der Waals surface area contributed by atoms with E-state index in [2.05, 4.69) is 27.3 Å². The van der Waals surface area contributed by atoms with Crippen molar-refractivity contribution in [1.82, 2.24) is 0 Å². The van der Waals surface area contributed by atoms with Crippen LogP contribution in [0.25, 0.3) is 0 Å². The van der Waals surface area contributed by atoms with E-state index in [1.54, 1.807) is 0 Å². The third-order valence-electron chi connectivity index (χ3n) is 3.90. The molecule has 1 rings (SSSR count). The topological polar surface area (TPSA) is 9.23 Å². The Hall–Kier alpha value is 0.177. The van der Waals surface area contributed by atoms with Crippen LogP contribution in [0, 0.1) is 0 Å². The molecule has 1 fully saturated rings. The summed E-state index contributed by atoms with van der Waals surface area (Å²) in [7, 11) is -1.02. The van der Waals surface area contributed by atoms with Gasteiger partial charge in [0.1, 0.15) is 0 Å². The number of rotatable bonds is 5. The molecule has 1 aliphatic heterocycles. The number of ether oxygens (including phenoxy) is 1. The van der Waals surface area contributed by atoms with Crippen molar-refractivity contribution in [2.45, 2.75) is 57.3 Å². The first kappa shape index (κ1) is 11.3. The van der Waals surface area contributed by atoms with Gasteiger partial charge in [-0.05, 0) is 0 Å². The predicted molar refractivity (Wildman–Crippen MR) is 61.0 cm³/mol. The first-order valence-corrected chi connectivity index (χ1v) is 8.57. The van der Waals surface area contributed by atoms with E-state index in [0.29, 0.717) is 5.04 Å². The van der Waals surface area contributed by atoms with Gasteiger partial charge in [0.25, 0.3) is 0 Å². The van der Waals surface area contributed by atoms with Gasteiger partial charge < -0.3 is 4.74 Å². The van der Waals surface area contributed by atoms with Crippen molar-refractivity contribution in [2.75, 3.05) is 13.2 Å². The highest BCUT2D eigenvalue weighted by atomic mass is 28.3. The second-order valence-electron chi connectivity index (χ2n) is 5.11. The van der Waals surface area contributed by atoms with Gasteiger partial charge in [0.05, 0.1) is 21.3 Å². The molecule has 78 valence electrons. The summed E-state index contributed by atoms with van der Waals surface area (Å²) in [6.45, 7) is 11.8. The van der Waals surface area contributed by atoms with Crippen LogP contribution in [0.15, 0.2) is 0 Å². The second-order valence-corrected chi connectivity index (χ2v) is 10.4. The van der Waals surface area contributed by atoms with E-state index in [1.807, 2.05) is 0 Å². The van der Waals surface area contributed by atoms with Crippen LogP contribution in [-0.2, 0) is 4.74 Å². The van der Waals surface area contributed by atoms with E-state index in [9.17, 15) is 0 Å². The Morgan fingerprint density at radius 3 is 1.85 bits per heavy atom. The third kappa shape index (κ3) is 1.99. The lowest BCUT2D eigenvalue weighted by Gasteiger charge is -2.51.